The van der Waals surface area contributed by atoms with Crippen LogP contribution in [0.2, 0.25) is 0 Å². The van der Waals surface area contributed by atoms with Gasteiger partial charge >= 0.3 is 0 Å². The first-order valence-electron chi connectivity index (χ1n) is 4.77. The van der Waals surface area contributed by atoms with Crippen molar-refractivity contribution in [1.29, 1.82) is 0 Å². The number of nitrogens with one attached hydrogen (secondary N) is 1. The molecule has 0 aromatic heterocycles. The Morgan fingerprint density at radius 1 is 1.36 bits per heavy atom. The predicted molar refractivity (Wildman–Crippen MR) is 59.6 cm³/mol. The molecule has 0 radical (unpaired) electrons. The Kier molecular flexibility index (Phi) is 4.43. The zero-order valence-electron chi connectivity index (χ0n) is 8.42. The summed E-state index contributed by atoms with van der Waals surface area (Å²) in [6, 6.07) is 7.87. The maximum absolute atomic E-state index is 5.33. The molecule has 0 spiro atoms. The van der Waals surface area contributed by atoms with E-state index in [1.807, 2.05) is 31.2 Å². The van der Waals surface area contributed by atoms with E-state index in [1.54, 1.807) is 0 Å². The molecule has 0 aliphatic carbocycles. The van der Waals surface area contributed by atoms with E-state index in [0.29, 0.717) is 6.61 Å². The largest absolute Gasteiger partial charge is 0.494 e. The minimum Gasteiger partial charge on any atom is -0.494 e. The predicted octanol–water partition coefficient (Wildman–Crippen LogP) is 2.52. The van der Waals surface area contributed by atoms with E-state index in [1.165, 1.54) is 0 Å². The van der Waals surface area contributed by atoms with Crippen LogP contribution in [0.15, 0.2) is 24.3 Å². The molecule has 0 atom stereocenters. The number of anilines is 1. The van der Waals surface area contributed by atoms with E-state index >= 15 is 0 Å². The lowest BCUT2D eigenvalue weighted by Crippen LogP contribution is -2.00. The second kappa shape index (κ2) is 5.93. The highest BCUT2D eigenvalue weighted by molar-refractivity contribution is 5.46. The molecule has 1 rings (SSSR count). The summed E-state index contributed by atoms with van der Waals surface area (Å²) in [6.07, 6.45) is 5.89. The molecule has 74 valence electrons. The third kappa shape index (κ3) is 3.40. The van der Waals surface area contributed by atoms with E-state index in [4.69, 9.17) is 11.2 Å². The van der Waals surface area contributed by atoms with Gasteiger partial charge in [0.15, 0.2) is 0 Å². The number of terminal acetylenes is 1. The normalized spacial score (nSPS) is 9.14. The molecule has 1 aromatic carbocycles. The van der Waals surface area contributed by atoms with Crippen molar-refractivity contribution in [3.63, 3.8) is 0 Å². The summed E-state index contributed by atoms with van der Waals surface area (Å²) in [4.78, 5) is 0. The highest BCUT2D eigenvalue weighted by Crippen LogP contribution is 2.15. The van der Waals surface area contributed by atoms with Gasteiger partial charge < -0.3 is 10.1 Å². The monoisotopic (exact) mass is 189 g/mol. The Labute approximate surface area is 85.3 Å². The SMILES string of the molecule is C#CCCNc1ccc(OCC)cc1. The summed E-state index contributed by atoms with van der Waals surface area (Å²) >= 11 is 0. The second-order valence-corrected chi connectivity index (χ2v) is 2.84. The van der Waals surface area contributed by atoms with Gasteiger partial charge in [-0.15, -0.1) is 12.3 Å². The quantitative estimate of drug-likeness (QED) is 0.567. The maximum atomic E-state index is 5.33. The van der Waals surface area contributed by atoms with Gasteiger partial charge in [0.2, 0.25) is 0 Å². The Balaban J connectivity index is 2.43. The molecule has 0 fully saturated rings. The highest BCUT2D eigenvalue weighted by atomic mass is 16.5. The molecule has 0 bridgehead atoms. The van der Waals surface area contributed by atoms with Crippen LogP contribution in [0, 0.1) is 12.3 Å². The molecular formula is C12H15NO. The molecular weight excluding hydrogens is 174 g/mol. The molecule has 2 heteroatoms. The van der Waals surface area contributed by atoms with Crippen LogP contribution in [0.5, 0.6) is 5.75 Å². The number of hydrogen-bond acceptors (Lipinski definition) is 2. The Bertz CT molecular complexity index is 297. The molecule has 0 amide bonds. The lowest BCUT2D eigenvalue weighted by atomic mass is 10.3. The summed E-state index contributed by atoms with van der Waals surface area (Å²) in [6.45, 7) is 3.48. The lowest BCUT2D eigenvalue weighted by Gasteiger charge is -2.06. The average Bonchev–Trinajstić information content (AvgIpc) is 2.21. The number of benzene rings is 1. The Morgan fingerprint density at radius 3 is 2.64 bits per heavy atom. The van der Waals surface area contributed by atoms with Gasteiger partial charge in [0, 0.05) is 18.7 Å². The van der Waals surface area contributed by atoms with E-state index in [9.17, 15) is 0 Å². The van der Waals surface area contributed by atoms with Crippen LogP contribution in [-0.2, 0) is 0 Å². The number of rotatable bonds is 5. The fourth-order valence-corrected chi connectivity index (χ4v) is 1.11. The van der Waals surface area contributed by atoms with Crippen LogP contribution in [-0.4, -0.2) is 13.2 Å². The van der Waals surface area contributed by atoms with Crippen LogP contribution in [0.4, 0.5) is 5.69 Å². The van der Waals surface area contributed by atoms with Gasteiger partial charge in [-0.3, -0.25) is 0 Å². The van der Waals surface area contributed by atoms with Crippen molar-refractivity contribution >= 4 is 5.69 Å². The Hall–Kier alpha value is -1.62. The van der Waals surface area contributed by atoms with Gasteiger partial charge in [0.25, 0.3) is 0 Å². The first kappa shape index (κ1) is 10.5. The maximum Gasteiger partial charge on any atom is 0.119 e. The van der Waals surface area contributed by atoms with Gasteiger partial charge in [0.1, 0.15) is 5.75 Å². The van der Waals surface area contributed by atoms with Crippen molar-refractivity contribution in [2.45, 2.75) is 13.3 Å². The zero-order chi connectivity index (χ0) is 10.2. The second-order valence-electron chi connectivity index (χ2n) is 2.84. The van der Waals surface area contributed by atoms with Gasteiger partial charge in [-0.05, 0) is 31.2 Å². The molecule has 14 heavy (non-hydrogen) atoms. The van der Waals surface area contributed by atoms with Crippen LogP contribution >= 0.6 is 0 Å². The van der Waals surface area contributed by atoms with Crippen molar-refractivity contribution in [2.75, 3.05) is 18.5 Å². The van der Waals surface area contributed by atoms with Crippen molar-refractivity contribution < 1.29 is 4.74 Å². The summed E-state index contributed by atoms with van der Waals surface area (Å²) < 4.78 is 5.33. The third-order valence-corrected chi connectivity index (χ3v) is 1.76. The fourth-order valence-electron chi connectivity index (χ4n) is 1.11. The first-order valence-corrected chi connectivity index (χ1v) is 4.77. The first-order chi connectivity index (χ1) is 6.86. The van der Waals surface area contributed by atoms with E-state index in [2.05, 4.69) is 11.2 Å². The molecule has 2 nitrogen and oxygen atoms in total. The van der Waals surface area contributed by atoms with Gasteiger partial charge in [-0.1, -0.05) is 0 Å². The molecule has 0 aliphatic rings. The summed E-state index contributed by atoms with van der Waals surface area (Å²) in [7, 11) is 0. The minimum absolute atomic E-state index is 0.698. The van der Waals surface area contributed by atoms with Gasteiger partial charge in [-0.2, -0.15) is 0 Å². The summed E-state index contributed by atoms with van der Waals surface area (Å²) in [5.74, 6) is 3.48. The van der Waals surface area contributed by atoms with Crippen LogP contribution in [0.25, 0.3) is 0 Å². The highest BCUT2D eigenvalue weighted by Gasteiger charge is 1.92. The van der Waals surface area contributed by atoms with Crippen LogP contribution in [0.1, 0.15) is 13.3 Å². The molecule has 0 saturated heterocycles. The number of ether oxygens (including phenoxy) is 1. The molecule has 0 aliphatic heterocycles. The smallest absolute Gasteiger partial charge is 0.119 e. The van der Waals surface area contributed by atoms with E-state index in [0.717, 1.165) is 24.4 Å². The topological polar surface area (TPSA) is 21.3 Å². The van der Waals surface area contributed by atoms with E-state index < -0.39 is 0 Å². The van der Waals surface area contributed by atoms with Gasteiger partial charge in [-0.25, -0.2) is 0 Å². The molecule has 0 heterocycles. The minimum atomic E-state index is 0.698. The fraction of sp³-hybridized carbons (Fsp3) is 0.333. The molecule has 1 aromatic rings. The molecule has 0 saturated carbocycles. The van der Waals surface area contributed by atoms with Crippen molar-refractivity contribution in [3.8, 4) is 18.1 Å². The molecule has 0 unspecified atom stereocenters. The standard InChI is InChI=1S/C12H15NO/c1-3-5-10-13-11-6-8-12(9-7-11)14-4-2/h1,6-9,13H,4-5,10H2,2H3. The van der Waals surface area contributed by atoms with Crippen LogP contribution in [0.3, 0.4) is 0 Å². The number of hydrogen-bond donors (Lipinski definition) is 1. The van der Waals surface area contributed by atoms with Crippen molar-refractivity contribution in [2.24, 2.45) is 0 Å². The Morgan fingerprint density at radius 2 is 2.07 bits per heavy atom. The van der Waals surface area contributed by atoms with E-state index in [-0.39, 0.29) is 0 Å². The van der Waals surface area contributed by atoms with Gasteiger partial charge in [0.05, 0.1) is 6.61 Å². The summed E-state index contributed by atoms with van der Waals surface area (Å²) in [5.41, 5.74) is 1.07. The van der Waals surface area contributed by atoms with Crippen molar-refractivity contribution in [3.05, 3.63) is 24.3 Å². The average molecular weight is 189 g/mol. The lowest BCUT2D eigenvalue weighted by molar-refractivity contribution is 0.340. The van der Waals surface area contributed by atoms with Crippen molar-refractivity contribution in [1.82, 2.24) is 0 Å². The third-order valence-electron chi connectivity index (χ3n) is 1.76. The van der Waals surface area contributed by atoms with Crippen LogP contribution < -0.4 is 10.1 Å². The molecule has 1 N–H and O–H groups in total. The summed E-state index contributed by atoms with van der Waals surface area (Å²) in [5, 5.41) is 3.22. The zero-order valence-corrected chi connectivity index (χ0v) is 8.42.